The molecule has 0 aromatic heterocycles. The van der Waals surface area contributed by atoms with Gasteiger partial charge >= 0.3 is 0 Å². The Labute approximate surface area is 86.9 Å². The van der Waals surface area contributed by atoms with Crippen molar-refractivity contribution in [3.8, 4) is 0 Å². The summed E-state index contributed by atoms with van der Waals surface area (Å²) in [6.45, 7) is 6.77. The van der Waals surface area contributed by atoms with E-state index in [2.05, 4.69) is 24.1 Å². The maximum Gasteiger partial charge on any atom is 0.220 e. The molecule has 1 aliphatic rings. The fraction of sp³-hybridized carbons (Fsp3) is 0.909. The highest BCUT2D eigenvalue weighted by Crippen LogP contribution is 2.21. The third-order valence-electron chi connectivity index (χ3n) is 3.13. The van der Waals surface area contributed by atoms with Crippen LogP contribution in [0.3, 0.4) is 0 Å². The molecule has 0 saturated carbocycles. The molecule has 0 spiro atoms. The Morgan fingerprint density at radius 2 is 2.00 bits per heavy atom. The summed E-state index contributed by atoms with van der Waals surface area (Å²) < 4.78 is 0. The molecule has 0 radical (unpaired) electrons. The highest BCUT2D eigenvalue weighted by molar-refractivity contribution is 5.75. The molecule has 1 N–H and O–H groups in total. The topological polar surface area (TPSA) is 32.3 Å². The van der Waals surface area contributed by atoms with Crippen LogP contribution in [0.25, 0.3) is 0 Å². The fourth-order valence-electron chi connectivity index (χ4n) is 2.04. The van der Waals surface area contributed by atoms with Crippen molar-refractivity contribution < 1.29 is 4.79 Å². The van der Waals surface area contributed by atoms with Gasteiger partial charge in [0.1, 0.15) is 0 Å². The molecule has 0 bridgehead atoms. The van der Waals surface area contributed by atoms with Crippen LogP contribution >= 0.6 is 0 Å². The van der Waals surface area contributed by atoms with Gasteiger partial charge in [0.2, 0.25) is 5.91 Å². The zero-order valence-corrected chi connectivity index (χ0v) is 9.55. The molecule has 1 amide bonds. The largest absolute Gasteiger partial charge is 0.359 e. The summed E-state index contributed by atoms with van der Waals surface area (Å²) in [7, 11) is 1.71. The van der Waals surface area contributed by atoms with Gasteiger partial charge in [-0.2, -0.15) is 0 Å². The average molecular weight is 198 g/mol. The van der Waals surface area contributed by atoms with Gasteiger partial charge < -0.3 is 10.2 Å². The van der Waals surface area contributed by atoms with Gasteiger partial charge in [0.15, 0.2) is 0 Å². The second-order valence-corrected chi connectivity index (χ2v) is 4.45. The average Bonchev–Trinajstić information content (AvgIpc) is 2.18. The molecule has 0 aromatic carbocycles. The van der Waals surface area contributed by atoms with E-state index in [1.807, 2.05) is 0 Å². The van der Waals surface area contributed by atoms with Crippen LogP contribution in [-0.2, 0) is 4.79 Å². The lowest BCUT2D eigenvalue weighted by atomic mass is 9.92. The quantitative estimate of drug-likeness (QED) is 0.740. The number of likely N-dealkylation sites (tertiary alicyclic amines) is 1. The summed E-state index contributed by atoms with van der Waals surface area (Å²) in [6.07, 6.45) is 3.06. The Bertz CT molecular complexity index is 184. The minimum absolute atomic E-state index is 0.188. The maximum absolute atomic E-state index is 11.2. The van der Waals surface area contributed by atoms with Crippen LogP contribution in [0.5, 0.6) is 0 Å². The lowest BCUT2D eigenvalue weighted by Gasteiger charge is -2.34. The summed E-state index contributed by atoms with van der Waals surface area (Å²) in [4.78, 5) is 13.7. The van der Waals surface area contributed by atoms with Crippen molar-refractivity contribution in [3.63, 3.8) is 0 Å². The minimum Gasteiger partial charge on any atom is -0.359 e. The molecule has 3 nitrogen and oxygen atoms in total. The Hall–Kier alpha value is -0.570. The van der Waals surface area contributed by atoms with Crippen LogP contribution in [0.15, 0.2) is 0 Å². The molecule has 1 fully saturated rings. The Kier molecular flexibility index (Phi) is 4.39. The molecule has 1 aliphatic heterocycles. The Balaban J connectivity index is 2.25. The SMILES string of the molecule is CNC(=O)CC1CCN(C(C)C)CC1. The summed E-state index contributed by atoms with van der Waals surface area (Å²) in [5, 5.41) is 2.69. The molecule has 0 aliphatic carbocycles. The number of nitrogens with one attached hydrogen (secondary N) is 1. The number of hydrogen-bond donors (Lipinski definition) is 1. The molecule has 1 rings (SSSR count). The summed E-state index contributed by atoms with van der Waals surface area (Å²) in [5.41, 5.74) is 0. The van der Waals surface area contributed by atoms with Crippen LogP contribution < -0.4 is 5.32 Å². The van der Waals surface area contributed by atoms with E-state index in [4.69, 9.17) is 0 Å². The predicted octanol–water partition coefficient (Wildman–Crippen LogP) is 1.24. The molecule has 3 heteroatoms. The first kappa shape index (κ1) is 11.5. The number of carbonyl (C=O) groups excluding carboxylic acids is 1. The second-order valence-electron chi connectivity index (χ2n) is 4.45. The predicted molar refractivity (Wildman–Crippen MR) is 58.1 cm³/mol. The van der Waals surface area contributed by atoms with Gasteiger partial charge in [0.25, 0.3) is 0 Å². The van der Waals surface area contributed by atoms with Crippen molar-refractivity contribution in [2.45, 2.75) is 39.2 Å². The first-order chi connectivity index (χ1) is 6.63. The number of hydrogen-bond acceptors (Lipinski definition) is 2. The van der Waals surface area contributed by atoms with Crippen molar-refractivity contribution in [1.82, 2.24) is 10.2 Å². The van der Waals surface area contributed by atoms with Crippen LogP contribution in [-0.4, -0.2) is 37.0 Å². The van der Waals surface area contributed by atoms with Gasteiger partial charge in [-0.05, 0) is 45.7 Å². The van der Waals surface area contributed by atoms with Crippen molar-refractivity contribution in [1.29, 1.82) is 0 Å². The van der Waals surface area contributed by atoms with Crippen molar-refractivity contribution in [2.75, 3.05) is 20.1 Å². The van der Waals surface area contributed by atoms with Crippen LogP contribution in [0, 0.1) is 5.92 Å². The highest BCUT2D eigenvalue weighted by Gasteiger charge is 2.22. The van der Waals surface area contributed by atoms with E-state index in [9.17, 15) is 4.79 Å². The minimum atomic E-state index is 0.188. The number of piperidine rings is 1. The van der Waals surface area contributed by atoms with Gasteiger partial charge in [-0.3, -0.25) is 4.79 Å². The molecule has 82 valence electrons. The van der Waals surface area contributed by atoms with Crippen LogP contribution in [0.2, 0.25) is 0 Å². The lowest BCUT2D eigenvalue weighted by Crippen LogP contribution is -2.39. The Morgan fingerprint density at radius 3 is 2.43 bits per heavy atom. The number of amides is 1. The zero-order valence-electron chi connectivity index (χ0n) is 9.55. The van der Waals surface area contributed by atoms with E-state index >= 15 is 0 Å². The molecule has 14 heavy (non-hydrogen) atoms. The molecule has 0 atom stereocenters. The first-order valence-corrected chi connectivity index (χ1v) is 5.58. The van der Waals surface area contributed by atoms with Gasteiger partial charge in [-0.1, -0.05) is 0 Å². The standard InChI is InChI=1S/C11H22N2O/c1-9(2)13-6-4-10(5-7-13)8-11(14)12-3/h9-10H,4-8H2,1-3H3,(H,12,14). The third-order valence-corrected chi connectivity index (χ3v) is 3.13. The fourth-order valence-corrected chi connectivity index (χ4v) is 2.04. The highest BCUT2D eigenvalue weighted by atomic mass is 16.1. The number of nitrogens with zero attached hydrogens (tertiary/aromatic N) is 1. The normalized spacial score (nSPS) is 20.0. The van der Waals surface area contributed by atoms with E-state index < -0.39 is 0 Å². The number of rotatable bonds is 3. The van der Waals surface area contributed by atoms with Crippen LogP contribution in [0.4, 0.5) is 0 Å². The summed E-state index contributed by atoms with van der Waals surface area (Å²) in [5.74, 6) is 0.790. The second kappa shape index (κ2) is 5.35. The van der Waals surface area contributed by atoms with Gasteiger partial charge in [0, 0.05) is 19.5 Å². The van der Waals surface area contributed by atoms with Gasteiger partial charge in [0.05, 0.1) is 0 Å². The monoisotopic (exact) mass is 198 g/mol. The maximum atomic E-state index is 11.2. The molecular formula is C11H22N2O. The lowest BCUT2D eigenvalue weighted by molar-refractivity contribution is -0.121. The third kappa shape index (κ3) is 3.29. The smallest absolute Gasteiger partial charge is 0.220 e. The van der Waals surface area contributed by atoms with Crippen molar-refractivity contribution in [3.05, 3.63) is 0 Å². The summed E-state index contributed by atoms with van der Waals surface area (Å²) >= 11 is 0. The molecule has 0 unspecified atom stereocenters. The van der Waals surface area contributed by atoms with E-state index in [0.717, 1.165) is 13.1 Å². The van der Waals surface area contributed by atoms with E-state index in [-0.39, 0.29) is 5.91 Å². The summed E-state index contributed by atoms with van der Waals surface area (Å²) in [6, 6.07) is 0.649. The van der Waals surface area contributed by atoms with E-state index in [1.54, 1.807) is 7.05 Å². The molecule has 1 saturated heterocycles. The van der Waals surface area contributed by atoms with Gasteiger partial charge in [-0.25, -0.2) is 0 Å². The van der Waals surface area contributed by atoms with E-state index in [0.29, 0.717) is 18.4 Å². The zero-order chi connectivity index (χ0) is 10.6. The first-order valence-electron chi connectivity index (χ1n) is 5.58. The van der Waals surface area contributed by atoms with Crippen molar-refractivity contribution in [2.24, 2.45) is 5.92 Å². The van der Waals surface area contributed by atoms with E-state index in [1.165, 1.54) is 12.8 Å². The molecule has 0 aromatic rings. The molecular weight excluding hydrogens is 176 g/mol. The van der Waals surface area contributed by atoms with Crippen molar-refractivity contribution >= 4 is 5.91 Å². The van der Waals surface area contributed by atoms with Crippen LogP contribution in [0.1, 0.15) is 33.1 Å². The van der Waals surface area contributed by atoms with Gasteiger partial charge in [-0.15, -0.1) is 0 Å². The Morgan fingerprint density at radius 1 is 1.43 bits per heavy atom. The number of carbonyl (C=O) groups is 1. The molecule has 1 heterocycles.